The average molecular weight is 290 g/mol. The van der Waals surface area contributed by atoms with Crippen LogP contribution in [0.2, 0.25) is 0 Å². The Kier molecular flexibility index (Phi) is 3.32. The predicted molar refractivity (Wildman–Crippen MR) is 71.8 cm³/mol. The minimum Gasteiger partial charge on any atom is -0.336 e. The molecule has 21 heavy (non-hydrogen) atoms. The van der Waals surface area contributed by atoms with Crippen LogP contribution in [0.25, 0.3) is 0 Å². The van der Waals surface area contributed by atoms with Crippen LogP contribution < -0.4 is 5.32 Å². The summed E-state index contributed by atoms with van der Waals surface area (Å²) < 4.78 is 0. The molecule has 0 aromatic heterocycles. The summed E-state index contributed by atoms with van der Waals surface area (Å²) in [7, 11) is 0. The van der Waals surface area contributed by atoms with Gasteiger partial charge in [0.2, 0.25) is 5.91 Å². The number of carbonyl (C=O) groups is 3. The van der Waals surface area contributed by atoms with E-state index in [-0.39, 0.29) is 31.1 Å². The van der Waals surface area contributed by atoms with Crippen molar-refractivity contribution in [1.29, 1.82) is 5.26 Å². The molecule has 1 N–H and O–H groups in total. The number of rotatable bonds is 4. The van der Waals surface area contributed by atoms with Crippen LogP contribution >= 0.6 is 0 Å². The van der Waals surface area contributed by atoms with Crippen molar-refractivity contribution >= 4 is 17.8 Å². The van der Waals surface area contributed by atoms with Crippen molar-refractivity contribution in [2.75, 3.05) is 13.1 Å². The molecular weight excluding hydrogens is 272 g/mol. The van der Waals surface area contributed by atoms with Crippen molar-refractivity contribution in [2.45, 2.75) is 50.1 Å². The second-order valence-corrected chi connectivity index (χ2v) is 6.07. The second kappa shape index (κ2) is 5.02. The fraction of sp³-hybridized carbons (Fsp3) is 0.714. The Bertz CT molecular complexity index is 529. The molecule has 4 amide bonds. The molecule has 0 aromatic carbocycles. The van der Waals surface area contributed by atoms with Gasteiger partial charge in [-0.05, 0) is 38.5 Å². The number of carbonyl (C=O) groups excluding carboxylic acids is 3. The van der Waals surface area contributed by atoms with Gasteiger partial charge in [-0.25, -0.2) is 4.79 Å². The standard InChI is InChI=1S/C14H18N4O3/c15-9-14(5-1-2-6-14)16-11(19)7-18-12(20)8-17(13(18)21)10-3-4-10/h10H,1-8H2,(H,16,19). The van der Waals surface area contributed by atoms with Crippen LogP contribution in [0.1, 0.15) is 38.5 Å². The second-order valence-electron chi connectivity index (χ2n) is 6.07. The fourth-order valence-electron chi connectivity index (χ4n) is 3.08. The molecule has 3 aliphatic rings. The van der Waals surface area contributed by atoms with Gasteiger partial charge >= 0.3 is 6.03 Å². The fourth-order valence-corrected chi connectivity index (χ4v) is 3.08. The lowest BCUT2D eigenvalue weighted by atomic mass is 10.00. The maximum atomic E-state index is 12.1. The molecule has 2 saturated carbocycles. The number of nitriles is 1. The van der Waals surface area contributed by atoms with Crippen LogP contribution in [0, 0.1) is 11.3 Å². The van der Waals surface area contributed by atoms with Crippen LogP contribution in [-0.2, 0) is 9.59 Å². The van der Waals surface area contributed by atoms with Crippen LogP contribution in [0.4, 0.5) is 4.79 Å². The Hall–Kier alpha value is -2.10. The number of nitrogens with zero attached hydrogens (tertiary/aromatic N) is 3. The highest BCUT2D eigenvalue weighted by Crippen LogP contribution is 2.31. The average Bonchev–Trinajstić information content (AvgIpc) is 3.14. The third-order valence-electron chi connectivity index (χ3n) is 4.42. The van der Waals surface area contributed by atoms with Crippen molar-refractivity contribution in [2.24, 2.45) is 0 Å². The molecule has 1 aliphatic heterocycles. The molecule has 0 unspecified atom stereocenters. The Morgan fingerprint density at radius 1 is 1.33 bits per heavy atom. The highest BCUT2D eigenvalue weighted by atomic mass is 16.2. The van der Waals surface area contributed by atoms with Gasteiger partial charge in [-0.1, -0.05) is 0 Å². The molecule has 3 rings (SSSR count). The molecule has 3 fully saturated rings. The summed E-state index contributed by atoms with van der Waals surface area (Å²) in [5.74, 6) is -0.766. The summed E-state index contributed by atoms with van der Waals surface area (Å²) in [6.45, 7) is -0.218. The summed E-state index contributed by atoms with van der Waals surface area (Å²) in [5.41, 5.74) is -0.820. The number of hydrogen-bond donors (Lipinski definition) is 1. The van der Waals surface area contributed by atoms with Gasteiger partial charge in [-0.2, -0.15) is 5.26 Å². The minimum absolute atomic E-state index is 0.0696. The SMILES string of the molecule is N#CC1(NC(=O)CN2C(=O)CN(C3CC3)C2=O)CCCC1. The molecule has 1 saturated heterocycles. The van der Waals surface area contributed by atoms with Gasteiger partial charge in [0.1, 0.15) is 18.6 Å². The van der Waals surface area contributed by atoms with Crippen molar-refractivity contribution < 1.29 is 14.4 Å². The molecule has 0 radical (unpaired) electrons. The molecule has 112 valence electrons. The summed E-state index contributed by atoms with van der Waals surface area (Å²) in [6, 6.07) is 1.94. The Morgan fingerprint density at radius 3 is 2.57 bits per heavy atom. The lowest BCUT2D eigenvalue weighted by Crippen LogP contribution is -2.50. The highest BCUT2D eigenvalue weighted by molar-refractivity contribution is 6.04. The summed E-state index contributed by atoms with van der Waals surface area (Å²) in [4.78, 5) is 38.6. The quantitative estimate of drug-likeness (QED) is 0.757. The smallest absolute Gasteiger partial charge is 0.327 e. The number of urea groups is 1. The van der Waals surface area contributed by atoms with E-state index in [1.807, 2.05) is 0 Å². The zero-order valence-electron chi connectivity index (χ0n) is 11.8. The minimum atomic E-state index is -0.820. The Labute approximate surface area is 122 Å². The first-order chi connectivity index (χ1) is 10.0. The lowest BCUT2D eigenvalue weighted by Gasteiger charge is -2.23. The lowest BCUT2D eigenvalue weighted by molar-refractivity contribution is -0.131. The highest BCUT2D eigenvalue weighted by Gasteiger charge is 2.45. The van der Waals surface area contributed by atoms with Crippen LogP contribution in [-0.4, -0.2) is 52.3 Å². The molecular formula is C14H18N4O3. The van der Waals surface area contributed by atoms with E-state index in [0.29, 0.717) is 12.8 Å². The Balaban J connectivity index is 1.61. The molecule has 0 atom stereocenters. The first-order valence-electron chi connectivity index (χ1n) is 7.38. The molecule has 2 aliphatic carbocycles. The predicted octanol–water partition coefficient (Wildman–Crippen LogP) is 0.366. The topological polar surface area (TPSA) is 93.5 Å². The number of hydrogen-bond acceptors (Lipinski definition) is 4. The van der Waals surface area contributed by atoms with E-state index in [2.05, 4.69) is 11.4 Å². The maximum absolute atomic E-state index is 12.1. The monoisotopic (exact) mass is 290 g/mol. The number of amides is 4. The van der Waals surface area contributed by atoms with Gasteiger partial charge in [0.05, 0.1) is 6.07 Å². The normalized spacial score (nSPS) is 24.3. The van der Waals surface area contributed by atoms with E-state index < -0.39 is 11.4 Å². The van der Waals surface area contributed by atoms with Crippen molar-refractivity contribution in [3.63, 3.8) is 0 Å². The first kappa shape index (κ1) is 13.9. The van der Waals surface area contributed by atoms with E-state index in [1.54, 1.807) is 0 Å². The molecule has 0 bridgehead atoms. The largest absolute Gasteiger partial charge is 0.336 e. The van der Waals surface area contributed by atoms with Crippen molar-refractivity contribution in [3.05, 3.63) is 0 Å². The van der Waals surface area contributed by atoms with Crippen LogP contribution in [0.3, 0.4) is 0 Å². The van der Waals surface area contributed by atoms with Crippen LogP contribution in [0.15, 0.2) is 0 Å². The van der Waals surface area contributed by atoms with Gasteiger partial charge < -0.3 is 10.2 Å². The van der Waals surface area contributed by atoms with E-state index in [1.165, 1.54) is 4.90 Å². The maximum Gasteiger partial charge on any atom is 0.327 e. The Morgan fingerprint density at radius 2 is 2.00 bits per heavy atom. The van der Waals surface area contributed by atoms with E-state index in [0.717, 1.165) is 30.6 Å². The van der Waals surface area contributed by atoms with E-state index in [4.69, 9.17) is 0 Å². The van der Waals surface area contributed by atoms with Gasteiger partial charge in [0.25, 0.3) is 5.91 Å². The van der Waals surface area contributed by atoms with Gasteiger partial charge in [0.15, 0.2) is 0 Å². The number of nitrogens with one attached hydrogen (secondary N) is 1. The summed E-state index contributed by atoms with van der Waals surface area (Å²) in [5, 5.41) is 11.9. The molecule has 7 heteroatoms. The third kappa shape index (κ3) is 2.58. The van der Waals surface area contributed by atoms with Crippen molar-refractivity contribution in [3.8, 4) is 6.07 Å². The van der Waals surface area contributed by atoms with Gasteiger partial charge in [-0.3, -0.25) is 14.5 Å². The molecule has 1 heterocycles. The van der Waals surface area contributed by atoms with Crippen LogP contribution in [0.5, 0.6) is 0 Å². The zero-order valence-corrected chi connectivity index (χ0v) is 11.8. The number of imide groups is 1. The van der Waals surface area contributed by atoms with E-state index >= 15 is 0 Å². The molecule has 0 spiro atoms. The van der Waals surface area contributed by atoms with Gasteiger partial charge in [0, 0.05) is 6.04 Å². The van der Waals surface area contributed by atoms with Crippen molar-refractivity contribution in [1.82, 2.24) is 15.1 Å². The molecule has 7 nitrogen and oxygen atoms in total. The summed E-state index contributed by atoms with van der Waals surface area (Å²) >= 11 is 0. The molecule has 0 aromatic rings. The van der Waals surface area contributed by atoms with E-state index in [9.17, 15) is 19.6 Å². The first-order valence-corrected chi connectivity index (χ1v) is 7.38. The van der Waals surface area contributed by atoms with Gasteiger partial charge in [-0.15, -0.1) is 0 Å². The summed E-state index contributed by atoms with van der Waals surface area (Å²) in [6.07, 6.45) is 4.93. The third-order valence-corrected chi connectivity index (χ3v) is 4.42. The zero-order chi connectivity index (χ0) is 15.0.